The molecule has 5 fully saturated rings. The Balaban J connectivity index is 1.18. The molecule has 3 saturated heterocycles. The first kappa shape index (κ1) is 29.0. The summed E-state index contributed by atoms with van der Waals surface area (Å²) in [5, 5.41) is 1.10. The van der Waals surface area contributed by atoms with Crippen LogP contribution in [0.1, 0.15) is 31.2 Å². The largest absolute Gasteiger partial charge is 0.461 e. The summed E-state index contributed by atoms with van der Waals surface area (Å²) in [5.74, 6) is 0.926. The number of aromatic nitrogens is 3. The maximum atomic E-state index is 16.9. The molecule has 0 amide bonds. The number of nitrogen functional groups attached to an aromatic ring is 1. The van der Waals surface area contributed by atoms with Crippen LogP contribution in [0.2, 0.25) is 0 Å². The van der Waals surface area contributed by atoms with Crippen LogP contribution in [0.5, 0.6) is 6.01 Å². The van der Waals surface area contributed by atoms with Crippen molar-refractivity contribution in [3.63, 3.8) is 0 Å². The van der Waals surface area contributed by atoms with Crippen molar-refractivity contribution in [3.05, 3.63) is 47.7 Å². The molecule has 5 aliphatic rings. The Morgan fingerprint density at radius 3 is 2.83 bits per heavy atom. The lowest BCUT2D eigenvalue weighted by Gasteiger charge is -2.31. The lowest BCUT2D eigenvalue weighted by Crippen LogP contribution is -2.43. The van der Waals surface area contributed by atoms with E-state index in [1.807, 2.05) is 0 Å². The fraction of sp³-hybridized carbons (Fsp3) is 0.457. The van der Waals surface area contributed by atoms with Gasteiger partial charge < -0.3 is 20.1 Å². The van der Waals surface area contributed by atoms with Crippen LogP contribution in [0.4, 0.5) is 29.1 Å². The first-order valence-electron chi connectivity index (χ1n) is 16.1. The lowest BCUT2D eigenvalue weighted by atomic mass is 9.89. The number of pyridine rings is 1. The van der Waals surface area contributed by atoms with E-state index < -0.39 is 30.0 Å². The van der Waals surface area contributed by atoms with E-state index in [9.17, 15) is 13.2 Å². The summed E-state index contributed by atoms with van der Waals surface area (Å²) in [4.78, 5) is 17.9. The second-order valence-corrected chi connectivity index (χ2v) is 13.9. The number of terminal acetylenes is 1. The predicted molar refractivity (Wildman–Crippen MR) is 168 cm³/mol. The summed E-state index contributed by atoms with van der Waals surface area (Å²) >= 11 is 0. The minimum Gasteiger partial charge on any atom is -0.461 e. The van der Waals surface area contributed by atoms with Gasteiger partial charge in [0.2, 0.25) is 0 Å². The third-order valence-electron chi connectivity index (χ3n) is 11.1. The third-order valence-corrected chi connectivity index (χ3v) is 11.1. The van der Waals surface area contributed by atoms with Gasteiger partial charge in [0, 0.05) is 47.3 Å². The van der Waals surface area contributed by atoms with Gasteiger partial charge in [0.15, 0.2) is 5.82 Å². The molecule has 5 heterocycles. The molecule has 0 bridgehead atoms. The zero-order chi connectivity index (χ0) is 32.2. The second kappa shape index (κ2) is 10.1. The number of alkyl halides is 2. The molecule has 4 aromatic rings. The van der Waals surface area contributed by atoms with Crippen LogP contribution in [-0.4, -0.2) is 83.2 Å². The molecule has 2 aromatic carbocycles. The fourth-order valence-electron chi connectivity index (χ4n) is 8.56. The third kappa shape index (κ3) is 4.32. The molecule has 2 aliphatic carbocycles. The Morgan fingerprint density at radius 2 is 2.02 bits per heavy atom. The summed E-state index contributed by atoms with van der Waals surface area (Å²) in [6.45, 7) is 2.76. The van der Waals surface area contributed by atoms with Gasteiger partial charge in [0.25, 0.3) is 0 Å². The Morgan fingerprint density at radius 1 is 1.17 bits per heavy atom. The van der Waals surface area contributed by atoms with Crippen LogP contribution in [0, 0.1) is 35.3 Å². The van der Waals surface area contributed by atoms with Gasteiger partial charge in [-0.3, -0.25) is 9.88 Å². The van der Waals surface area contributed by atoms with E-state index in [1.165, 1.54) is 24.4 Å². The molecule has 9 rings (SSSR count). The molecule has 2 saturated carbocycles. The van der Waals surface area contributed by atoms with Crippen molar-refractivity contribution in [2.24, 2.45) is 11.3 Å². The van der Waals surface area contributed by atoms with Gasteiger partial charge in [0.1, 0.15) is 41.8 Å². The average molecular weight is 645 g/mol. The van der Waals surface area contributed by atoms with Gasteiger partial charge >= 0.3 is 6.01 Å². The van der Waals surface area contributed by atoms with Crippen molar-refractivity contribution in [3.8, 4) is 29.6 Å². The van der Waals surface area contributed by atoms with Gasteiger partial charge in [0.05, 0.1) is 35.7 Å². The van der Waals surface area contributed by atoms with Crippen molar-refractivity contribution < 1.29 is 27.0 Å². The van der Waals surface area contributed by atoms with Crippen molar-refractivity contribution in [1.29, 1.82) is 0 Å². The van der Waals surface area contributed by atoms with Crippen molar-refractivity contribution in [2.45, 2.75) is 49.6 Å². The zero-order valence-corrected chi connectivity index (χ0v) is 25.5. The summed E-state index contributed by atoms with van der Waals surface area (Å²) in [6, 6.07) is 5.37. The Bertz CT molecular complexity index is 2020. The first-order chi connectivity index (χ1) is 22.7. The summed E-state index contributed by atoms with van der Waals surface area (Å²) < 4.78 is 73.1. The van der Waals surface area contributed by atoms with Crippen molar-refractivity contribution >= 4 is 33.2 Å². The SMILES string of the molecule is C#Cc1c(F)ccc2cc(N)cc(-c3ncc4c(N5CCOC[C@H]6[C@H](F)[C@H]65)nc(OC[C@@]56CCCN5C[C@]5(C[C@@H]5F)C6)nc4c3F)c12. The minimum atomic E-state index is -1.12. The van der Waals surface area contributed by atoms with E-state index in [1.54, 1.807) is 11.0 Å². The highest BCUT2D eigenvalue weighted by Gasteiger charge is 2.67. The average Bonchev–Trinajstić information content (AvgIpc) is 3.81. The molecule has 47 heavy (non-hydrogen) atoms. The number of fused-ring (bicyclic) bond motifs is 4. The second-order valence-electron chi connectivity index (χ2n) is 13.9. The predicted octanol–water partition coefficient (Wildman–Crippen LogP) is 5.21. The molecule has 6 atom stereocenters. The summed E-state index contributed by atoms with van der Waals surface area (Å²) in [7, 11) is 0. The Hall–Kier alpha value is -4.21. The van der Waals surface area contributed by atoms with Crippen LogP contribution < -0.4 is 15.4 Å². The molecule has 242 valence electrons. The van der Waals surface area contributed by atoms with E-state index in [4.69, 9.17) is 26.6 Å². The maximum absolute atomic E-state index is 16.9. The maximum Gasteiger partial charge on any atom is 0.319 e. The molecule has 0 unspecified atom stereocenters. The molecular weight excluding hydrogens is 612 g/mol. The van der Waals surface area contributed by atoms with Crippen molar-refractivity contribution in [1.82, 2.24) is 19.9 Å². The highest BCUT2D eigenvalue weighted by Crippen LogP contribution is 2.62. The number of nitrogens with zero attached hydrogens (tertiary/aromatic N) is 5. The topological polar surface area (TPSA) is 89.6 Å². The van der Waals surface area contributed by atoms with Gasteiger partial charge in [-0.25, -0.2) is 17.6 Å². The van der Waals surface area contributed by atoms with E-state index in [2.05, 4.69) is 20.8 Å². The number of anilines is 2. The lowest BCUT2D eigenvalue weighted by molar-refractivity contribution is 0.107. The smallest absolute Gasteiger partial charge is 0.319 e. The molecule has 2 aromatic heterocycles. The summed E-state index contributed by atoms with van der Waals surface area (Å²) in [6.07, 6.45) is 8.32. The van der Waals surface area contributed by atoms with Crippen LogP contribution in [-0.2, 0) is 4.74 Å². The standard InChI is InChI=1S/C35H32F4N6O2/c1-2-20-24(36)5-4-18-10-19(40)11-21(26(18)20)29-28(39)30-22(13-41-29)32(45-8-9-46-14-23-27(38)31(23)45)43-33(42-30)47-17-35-6-3-7-44(35)16-34(15-35)12-25(34)37/h1,4-5,10-11,13,23,25,27,31H,3,6-9,12,14-17,40H2/t23-,25-,27-,31-,34-,35-/m0/s1. The minimum absolute atomic E-state index is 0.0367. The van der Waals surface area contributed by atoms with Crippen LogP contribution in [0.15, 0.2) is 30.5 Å². The molecule has 12 heteroatoms. The molecule has 2 N–H and O–H groups in total. The van der Waals surface area contributed by atoms with Gasteiger partial charge in [-0.1, -0.05) is 12.0 Å². The number of nitrogens with two attached hydrogens (primary N) is 1. The number of rotatable bonds is 5. The molecular formula is C35H32F4N6O2. The van der Waals surface area contributed by atoms with E-state index in [0.29, 0.717) is 54.8 Å². The Kier molecular flexibility index (Phi) is 6.25. The van der Waals surface area contributed by atoms with Gasteiger partial charge in [-0.15, -0.1) is 6.42 Å². The monoisotopic (exact) mass is 644 g/mol. The highest BCUT2D eigenvalue weighted by atomic mass is 19.1. The Labute approximate surface area is 268 Å². The van der Waals surface area contributed by atoms with Crippen LogP contribution in [0.3, 0.4) is 0 Å². The van der Waals surface area contributed by atoms with Crippen LogP contribution >= 0.6 is 0 Å². The number of hydrogen-bond acceptors (Lipinski definition) is 8. The zero-order valence-electron chi connectivity index (χ0n) is 25.5. The van der Waals surface area contributed by atoms with E-state index in [-0.39, 0.29) is 63.8 Å². The normalized spacial score (nSPS) is 31.2. The first-order valence-corrected chi connectivity index (χ1v) is 16.1. The van der Waals surface area contributed by atoms with Gasteiger partial charge in [-0.2, -0.15) is 9.97 Å². The number of benzene rings is 2. The summed E-state index contributed by atoms with van der Waals surface area (Å²) in [5.41, 5.74) is 5.82. The highest BCUT2D eigenvalue weighted by molar-refractivity contribution is 6.03. The van der Waals surface area contributed by atoms with Gasteiger partial charge in [-0.05, 0) is 55.8 Å². The number of ether oxygens (including phenoxy) is 2. The molecule has 3 aliphatic heterocycles. The van der Waals surface area contributed by atoms with E-state index in [0.717, 1.165) is 19.4 Å². The molecule has 0 radical (unpaired) electrons. The number of hydrogen-bond donors (Lipinski definition) is 1. The van der Waals surface area contributed by atoms with Crippen molar-refractivity contribution in [2.75, 3.05) is 50.1 Å². The van der Waals surface area contributed by atoms with E-state index >= 15 is 4.39 Å². The number of halogens is 4. The quantitative estimate of drug-likeness (QED) is 0.180. The fourth-order valence-corrected chi connectivity index (χ4v) is 8.56. The molecule has 8 nitrogen and oxygen atoms in total. The van der Waals surface area contributed by atoms with Crippen LogP contribution in [0.25, 0.3) is 32.9 Å². The molecule has 1 spiro atoms.